The molecule has 15 heavy (non-hydrogen) atoms. The Bertz CT molecular complexity index is 334. The summed E-state index contributed by atoms with van der Waals surface area (Å²) in [7, 11) is 0. The molecule has 0 saturated carbocycles. The van der Waals surface area contributed by atoms with Gasteiger partial charge in [-0.25, -0.2) is 0 Å². The number of hydrogen-bond acceptors (Lipinski definition) is 2. The minimum Gasteiger partial charge on any atom is -0.352 e. The maximum atomic E-state index is 11.6. The van der Waals surface area contributed by atoms with Crippen molar-refractivity contribution in [1.82, 2.24) is 10.3 Å². The lowest BCUT2D eigenvalue weighted by molar-refractivity contribution is 0.0953. The summed E-state index contributed by atoms with van der Waals surface area (Å²) in [5.74, 6) is 0.364. The molecule has 82 valence electrons. The van der Waals surface area contributed by atoms with Gasteiger partial charge in [-0.05, 0) is 24.0 Å². The van der Waals surface area contributed by atoms with Crippen LogP contribution in [0.4, 0.5) is 0 Å². The van der Waals surface area contributed by atoms with Gasteiger partial charge in [0, 0.05) is 18.9 Å². The first-order valence-corrected chi connectivity index (χ1v) is 5.38. The van der Waals surface area contributed by atoms with Gasteiger partial charge in [0.05, 0.1) is 5.56 Å². The van der Waals surface area contributed by atoms with Crippen molar-refractivity contribution < 1.29 is 4.79 Å². The number of carbonyl (C=O) groups excluding carboxylic acids is 1. The summed E-state index contributed by atoms with van der Waals surface area (Å²) in [5, 5.41) is 2.84. The lowest BCUT2D eigenvalue weighted by Crippen LogP contribution is -2.24. The number of nitrogens with zero attached hydrogens (tertiary/aromatic N) is 1. The van der Waals surface area contributed by atoms with Gasteiger partial charge in [0.1, 0.15) is 0 Å². The molecular formula is C12H18N2O. The normalized spacial score (nSPS) is 10.4. The summed E-state index contributed by atoms with van der Waals surface area (Å²) in [6.07, 6.45) is 4.36. The Morgan fingerprint density at radius 2 is 2.20 bits per heavy atom. The van der Waals surface area contributed by atoms with Crippen LogP contribution in [0.15, 0.2) is 18.5 Å². The van der Waals surface area contributed by atoms with E-state index in [0.29, 0.717) is 18.0 Å². The zero-order chi connectivity index (χ0) is 11.3. The summed E-state index contributed by atoms with van der Waals surface area (Å²) in [5.41, 5.74) is 1.74. The number of hydrogen-bond donors (Lipinski definition) is 1. The SMILES string of the molecule is CCCNC(=O)c1cncc(C(C)C)c1. The summed E-state index contributed by atoms with van der Waals surface area (Å²) in [6.45, 7) is 6.92. The highest BCUT2D eigenvalue weighted by atomic mass is 16.1. The monoisotopic (exact) mass is 206 g/mol. The molecule has 3 heteroatoms. The topological polar surface area (TPSA) is 42.0 Å². The average Bonchev–Trinajstić information content (AvgIpc) is 2.26. The molecule has 0 atom stereocenters. The van der Waals surface area contributed by atoms with E-state index in [1.54, 1.807) is 12.4 Å². The van der Waals surface area contributed by atoms with Crippen molar-refractivity contribution in [2.75, 3.05) is 6.54 Å². The molecule has 1 amide bonds. The van der Waals surface area contributed by atoms with Crippen molar-refractivity contribution in [2.45, 2.75) is 33.1 Å². The molecule has 0 aliphatic rings. The third-order valence-electron chi connectivity index (χ3n) is 2.22. The average molecular weight is 206 g/mol. The van der Waals surface area contributed by atoms with Crippen LogP contribution in [-0.2, 0) is 0 Å². The Hall–Kier alpha value is -1.38. The van der Waals surface area contributed by atoms with Crippen LogP contribution in [0, 0.1) is 0 Å². The van der Waals surface area contributed by atoms with E-state index >= 15 is 0 Å². The molecule has 0 aromatic carbocycles. The molecule has 1 aromatic heterocycles. The zero-order valence-electron chi connectivity index (χ0n) is 9.58. The molecule has 0 spiro atoms. The first-order valence-electron chi connectivity index (χ1n) is 5.38. The van der Waals surface area contributed by atoms with E-state index < -0.39 is 0 Å². The fraction of sp³-hybridized carbons (Fsp3) is 0.500. The lowest BCUT2D eigenvalue weighted by atomic mass is 10.0. The second-order valence-electron chi connectivity index (χ2n) is 3.92. The van der Waals surface area contributed by atoms with Crippen LogP contribution in [-0.4, -0.2) is 17.4 Å². The van der Waals surface area contributed by atoms with Gasteiger partial charge in [0.15, 0.2) is 0 Å². The van der Waals surface area contributed by atoms with Crippen LogP contribution in [0.5, 0.6) is 0 Å². The first kappa shape index (κ1) is 11.7. The third-order valence-corrected chi connectivity index (χ3v) is 2.22. The van der Waals surface area contributed by atoms with E-state index in [4.69, 9.17) is 0 Å². The maximum absolute atomic E-state index is 11.6. The first-order chi connectivity index (χ1) is 7.15. The Morgan fingerprint density at radius 3 is 2.80 bits per heavy atom. The van der Waals surface area contributed by atoms with Crippen molar-refractivity contribution in [2.24, 2.45) is 0 Å². The highest BCUT2D eigenvalue weighted by Crippen LogP contribution is 2.13. The summed E-state index contributed by atoms with van der Waals surface area (Å²) in [6, 6.07) is 1.91. The fourth-order valence-electron chi connectivity index (χ4n) is 1.24. The predicted molar refractivity (Wildman–Crippen MR) is 61.0 cm³/mol. The molecule has 1 rings (SSSR count). The molecule has 0 radical (unpaired) electrons. The predicted octanol–water partition coefficient (Wildman–Crippen LogP) is 2.34. The van der Waals surface area contributed by atoms with Crippen LogP contribution in [0.25, 0.3) is 0 Å². The Labute approximate surface area is 90.9 Å². The van der Waals surface area contributed by atoms with Gasteiger partial charge >= 0.3 is 0 Å². The molecule has 0 aliphatic heterocycles. The Morgan fingerprint density at radius 1 is 1.47 bits per heavy atom. The quantitative estimate of drug-likeness (QED) is 0.821. The van der Waals surface area contributed by atoms with Crippen LogP contribution in [0.2, 0.25) is 0 Å². The van der Waals surface area contributed by atoms with E-state index in [-0.39, 0.29) is 5.91 Å². The van der Waals surface area contributed by atoms with E-state index in [0.717, 1.165) is 12.0 Å². The van der Waals surface area contributed by atoms with E-state index in [1.165, 1.54) is 0 Å². The Kier molecular flexibility index (Phi) is 4.28. The summed E-state index contributed by atoms with van der Waals surface area (Å²) < 4.78 is 0. The Balaban J connectivity index is 2.76. The largest absolute Gasteiger partial charge is 0.352 e. The van der Waals surface area contributed by atoms with E-state index in [2.05, 4.69) is 24.1 Å². The van der Waals surface area contributed by atoms with Gasteiger partial charge < -0.3 is 5.32 Å². The minimum absolute atomic E-state index is 0.0353. The van der Waals surface area contributed by atoms with Gasteiger partial charge in [-0.3, -0.25) is 9.78 Å². The second kappa shape index (κ2) is 5.49. The number of nitrogens with one attached hydrogen (secondary N) is 1. The third kappa shape index (κ3) is 3.35. The lowest BCUT2D eigenvalue weighted by Gasteiger charge is -2.07. The van der Waals surface area contributed by atoms with Crippen molar-refractivity contribution >= 4 is 5.91 Å². The smallest absolute Gasteiger partial charge is 0.252 e. The summed E-state index contributed by atoms with van der Waals surface area (Å²) >= 11 is 0. The molecule has 3 nitrogen and oxygen atoms in total. The van der Waals surface area contributed by atoms with E-state index in [9.17, 15) is 4.79 Å². The van der Waals surface area contributed by atoms with Crippen molar-refractivity contribution in [1.29, 1.82) is 0 Å². The highest BCUT2D eigenvalue weighted by molar-refractivity contribution is 5.94. The molecule has 1 aromatic rings. The molecule has 0 saturated heterocycles. The maximum Gasteiger partial charge on any atom is 0.252 e. The van der Waals surface area contributed by atoms with Crippen molar-refractivity contribution in [3.05, 3.63) is 29.6 Å². The van der Waals surface area contributed by atoms with Crippen LogP contribution < -0.4 is 5.32 Å². The van der Waals surface area contributed by atoms with Gasteiger partial charge in [-0.2, -0.15) is 0 Å². The minimum atomic E-state index is -0.0353. The molecular weight excluding hydrogens is 188 g/mol. The molecule has 0 aliphatic carbocycles. The molecule has 1 heterocycles. The number of rotatable bonds is 4. The van der Waals surface area contributed by atoms with Gasteiger partial charge in [0.25, 0.3) is 5.91 Å². The number of amides is 1. The fourth-order valence-corrected chi connectivity index (χ4v) is 1.24. The second-order valence-corrected chi connectivity index (χ2v) is 3.92. The van der Waals surface area contributed by atoms with Gasteiger partial charge in [0.2, 0.25) is 0 Å². The molecule has 0 fully saturated rings. The van der Waals surface area contributed by atoms with Crippen LogP contribution in [0.3, 0.4) is 0 Å². The summed E-state index contributed by atoms with van der Waals surface area (Å²) in [4.78, 5) is 15.7. The number of pyridine rings is 1. The van der Waals surface area contributed by atoms with Gasteiger partial charge in [-0.1, -0.05) is 20.8 Å². The zero-order valence-corrected chi connectivity index (χ0v) is 9.58. The van der Waals surface area contributed by atoms with Crippen LogP contribution in [0.1, 0.15) is 49.0 Å². The van der Waals surface area contributed by atoms with Gasteiger partial charge in [-0.15, -0.1) is 0 Å². The number of aromatic nitrogens is 1. The highest BCUT2D eigenvalue weighted by Gasteiger charge is 2.07. The van der Waals surface area contributed by atoms with Crippen molar-refractivity contribution in [3.63, 3.8) is 0 Å². The van der Waals surface area contributed by atoms with E-state index in [1.807, 2.05) is 13.0 Å². The molecule has 0 unspecified atom stereocenters. The van der Waals surface area contributed by atoms with Crippen LogP contribution >= 0.6 is 0 Å². The standard InChI is InChI=1S/C12H18N2O/c1-4-5-14-12(15)11-6-10(9(2)3)7-13-8-11/h6-9H,4-5H2,1-3H3,(H,14,15). The number of carbonyl (C=O) groups is 1. The molecule has 0 bridgehead atoms. The van der Waals surface area contributed by atoms with Crippen molar-refractivity contribution in [3.8, 4) is 0 Å². The molecule has 1 N–H and O–H groups in total.